The molecule has 0 aromatic carbocycles. The molecule has 1 N–H and O–H groups in total. The number of nitrogens with zero attached hydrogens (tertiary/aromatic N) is 3. The Morgan fingerprint density at radius 3 is 3.00 bits per heavy atom. The van der Waals surface area contributed by atoms with E-state index in [1.165, 1.54) is 0 Å². The standard InChI is InChI=1S/C10H14N4/c1-4-5-12-10(6-11)9-7-13-14(3)8(9)2/h4,7,10,12H,1,5H2,2-3H3. The highest BCUT2D eigenvalue weighted by molar-refractivity contribution is 5.25. The molecule has 1 unspecified atom stereocenters. The van der Waals surface area contributed by atoms with E-state index in [1.54, 1.807) is 17.0 Å². The maximum absolute atomic E-state index is 8.96. The number of hydrogen-bond acceptors (Lipinski definition) is 3. The quantitative estimate of drug-likeness (QED) is 0.722. The summed E-state index contributed by atoms with van der Waals surface area (Å²) < 4.78 is 1.76. The van der Waals surface area contributed by atoms with Gasteiger partial charge in [0.05, 0.1) is 12.3 Å². The summed E-state index contributed by atoms with van der Waals surface area (Å²) in [6.07, 6.45) is 3.45. The molecule has 1 heterocycles. The third kappa shape index (κ3) is 2.01. The minimum atomic E-state index is -0.304. The van der Waals surface area contributed by atoms with Gasteiger partial charge in [-0.2, -0.15) is 10.4 Å². The Balaban J connectivity index is 2.85. The zero-order valence-electron chi connectivity index (χ0n) is 8.49. The van der Waals surface area contributed by atoms with E-state index in [0.717, 1.165) is 11.3 Å². The van der Waals surface area contributed by atoms with E-state index in [0.29, 0.717) is 6.54 Å². The molecule has 4 heteroatoms. The third-order valence-corrected chi connectivity index (χ3v) is 2.18. The predicted octanol–water partition coefficient (Wildman–Crippen LogP) is 1.07. The molecular formula is C10H14N4. The number of aromatic nitrogens is 2. The number of rotatable bonds is 4. The van der Waals surface area contributed by atoms with Crippen LogP contribution >= 0.6 is 0 Å². The van der Waals surface area contributed by atoms with E-state index < -0.39 is 0 Å². The van der Waals surface area contributed by atoms with Crippen molar-refractivity contribution in [2.24, 2.45) is 7.05 Å². The van der Waals surface area contributed by atoms with E-state index in [1.807, 2.05) is 14.0 Å². The molecule has 1 aromatic heterocycles. The smallest absolute Gasteiger partial charge is 0.124 e. The minimum absolute atomic E-state index is 0.304. The highest BCUT2D eigenvalue weighted by Gasteiger charge is 2.14. The van der Waals surface area contributed by atoms with Crippen LogP contribution < -0.4 is 5.32 Å². The Bertz CT molecular complexity index is 359. The summed E-state index contributed by atoms with van der Waals surface area (Å²) in [5.74, 6) is 0. The van der Waals surface area contributed by atoms with Crippen molar-refractivity contribution >= 4 is 0 Å². The molecule has 0 aliphatic carbocycles. The lowest BCUT2D eigenvalue weighted by atomic mass is 10.1. The number of nitriles is 1. The van der Waals surface area contributed by atoms with Crippen molar-refractivity contribution in [2.75, 3.05) is 6.54 Å². The molecule has 0 saturated heterocycles. The van der Waals surface area contributed by atoms with Crippen LogP contribution in [0.2, 0.25) is 0 Å². The lowest BCUT2D eigenvalue weighted by molar-refractivity contribution is 0.673. The SMILES string of the molecule is C=CCNC(C#N)c1cnn(C)c1C. The molecule has 0 saturated carbocycles. The largest absolute Gasteiger partial charge is 0.295 e. The molecule has 0 amide bonds. The van der Waals surface area contributed by atoms with Crippen molar-refractivity contribution in [3.8, 4) is 6.07 Å². The molecule has 14 heavy (non-hydrogen) atoms. The number of hydrogen-bond donors (Lipinski definition) is 1. The molecule has 0 fully saturated rings. The van der Waals surface area contributed by atoms with Gasteiger partial charge in [-0.3, -0.25) is 10.00 Å². The van der Waals surface area contributed by atoms with E-state index in [9.17, 15) is 0 Å². The van der Waals surface area contributed by atoms with E-state index >= 15 is 0 Å². The first kappa shape index (κ1) is 10.5. The second-order valence-electron chi connectivity index (χ2n) is 3.07. The van der Waals surface area contributed by atoms with Crippen molar-refractivity contribution in [1.82, 2.24) is 15.1 Å². The van der Waals surface area contributed by atoms with Crippen LogP contribution in [0.25, 0.3) is 0 Å². The maximum Gasteiger partial charge on any atom is 0.124 e. The van der Waals surface area contributed by atoms with E-state index in [4.69, 9.17) is 5.26 Å². The molecule has 0 radical (unpaired) electrons. The molecule has 1 aromatic rings. The summed E-state index contributed by atoms with van der Waals surface area (Å²) in [5.41, 5.74) is 1.94. The van der Waals surface area contributed by atoms with Gasteiger partial charge in [0.25, 0.3) is 0 Å². The summed E-state index contributed by atoms with van der Waals surface area (Å²) in [4.78, 5) is 0. The fraction of sp³-hybridized carbons (Fsp3) is 0.400. The Labute approximate surface area is 83.8 Å². The van der Waals surface area contributed by atoms with E-state index in [-0.39, 0.29) is 6.04 Å². The van der Waals surface area contributed by atoms with Gasteiger partial charge in [0, 0.05) is 24.8 Å². The van der Waals surface area contributed by atoms with Crippen LogP contribution in [-0.4, -0.2) is 16.3 Å². The second kappa shape index (κ2) is 4.58. The summed E-state index contributed by atoms with van der Waals surface area (Å²) in [6, 6.07) is 1.89. The molecule has 4 nitrogen and oxygen atoms in total. The number of aryl methyl sites for hydroxylation is 1. The molecule has 0 spiro atoms. The van der Waals surface area contributed by atoms with Crippen LogP contribution in [0, 0.1) is 18.3 Å². The summed E-state index contributed by atoms with van der Waals surface area (Å²) in [6.45, 7) is 6.16. The lowest BCUT2D eigenvalue weighted by Crippen LogP contribution is -2.20. The van der Waals surface area contributed by atoms with Gasteiger partial charge in [-0.05, 0) is 6.92 Å². The first-order valence-corrected chi connectivity index (χ1v) is 4.43. The van der Waals surface area contributed by atoms with Gasteiger partial charge >= 0.3 is 0 Å². The van der Waals surface area contributed by atoms with Crippen LogP contribution in [0.15, 0.2) is 18.9 Å². The molecular weight excluding hydrogens is 176 g/mol. The highest BCUT2D eigenvalue weighted by atomic mass is 15.3. The average Bonchev–Trinajstić information content (AvgIpc) is 2.51. The fourth-order valence-electron chi connectivity index (χ4n) is 1.23. The molecule has 0 aliphatic rings. The van der Waals surface area contributed by atoms with Gasteiger partial charge in [-0.1, -0.05) is 6.08 Å². The zero-order valence-corrected chi connectivity index (χ0v) is 8.49. The van der Waals surface area contributed by atoms with Crippen molar-refractivity contribution in [3.05, 3.63) is 30.1 Å². The monoisotopic (exact) mass is 190 g/mol. The normalized spacial score (nSPS) is 12.1. The van der Waals surface area contributed by atoms with Gasteiger partial charge in [-0.25, -0.2) is 0 Å². The Morgan fingerprint density at radius 2 is 2.57 bits per heavy atom. The van der Waals surface area contributed by atoms with Crippen molar-refractivity contribution in [1.29, 1.82) is 5.26 Å². The average molecular weight is 190 g/mol. The zero-order chi connectivity index (χ0) is 10.6. The Hall–Kier alpha value is -1.60. The van der Waals surface area contributed by atoms with Gasteiger partial charge in [0.1, 0.15) is 6.04 Å². The number of nitrogens with one attached hydrogen (secondary N) is 1. The predicted molar refractivity (Wildman–Crippen MR) is 54.5 cm³/mol. The molecule has 0 aliphatic heterocycles. The first-order valence-electron chi connectivity index (χ1n) is 4.43. The topological polar surface area (TPSA) is 53.6 Å². The van der Waals surface area contributed by atoms with Gasteiger partial charge in [-0.15, -0.1) is 6.58 Å². The van der Waals surface area contributed by atoms with Gasteiger partial charge in [0.15, 0.2) is 0 Å². The molecule has 74 valence electrons. The third-order valence-electron chi connectivity index (χ3n) is 2.18. The van der Waals surface area contributed by atoms with Crippen LogP contribution in [0.5, 0.6) is 0 Å². The maximum atomic E-state index is 8.96. The first-order chi connectivity index (χ1) is 6.70. The highest BCUT2D eigenvalue weighted by Crippen LogP contribution is 2.15. The van der Waals surface area contributed by atoms with E-state index in [2.05, 4.69) is 23.1 Å². The molecule has 1 rings (SSSR count). The van der Waals surface area contributed by atoms with Crippen LogP contribution in [-0.2, 0) is 7.05 Å². The van der Waals surface area contributed by atoms with Crippen LogP contribution in [0.3, 0.4) is 0 Å². The fourth-order valence-corrected chi connectivity index (χ4v) is 1.23. The van der Waals surface area contributed by atoms with Crippen molar-refractivity contribution in [3.63, 3.8) is 0 Å². The summed E-state index contributed by atoms with van der Waals surface area (Å²) in [7, 11) is 1.86. The van der Waals surface area contributed by atoms with Crippen molar-refractivity contribution in [2.45, 2.75) is 13.0 Å². The van der Waals surface area contributed by atoms with Gasteiger partial charge in [0.2, 0.25) is 0 Å². The molecule has 1 atom stereocenters. The summed E-state index contributed by atoms with van der Waals surface area (Å²) >= 11 is 0. The molecule has 0 bridgehead atoms. The second-order valence-corrected chi connectivity index (χ2v) is 3.07. The summed E-state index contributed by atoms with van der Waals surface area (Å²) in [5, 5.41) is 16.1. The Kier molecular flexibility index (Phi) is 3.43. The lowest BCUT2D eigenvalue weighted by Gasteiger charge is -2.08. The van der Waals surface area contributed by atoms with Crippen LogP contribution in [0.1, 0.15) is 17.3 Å². The van der Waals surface area contributed by atoms with Gasteiger partial charge < -0.3 is 0 Å². The van der Waals surface area contributed by atoms with Crippen molar-refractivity contribution < 1.29 is 0 Å². The minimum Gasteiger partial charge on any atom is -0.295 e. The Morgan fingerprint density at radius 1 is 1.86 bits per heavy atom. The van der Waals surface area contributed by atoms with Crippen LogP contribution in [0.4, 0.5) is 0 Å².